The number of aromatic nitrogens is 2. The molecule has 19 heavy (non-hydrogen) atoms. The van der Waals surface area contributed by atoms with Crippen molar-refractivity contribution in [2.75, 3.05) is 7.11 Å². The second-order valence-corrected chi connectivity index (χ2v) is 6.12. The average Bonchev–Trinajstić information content (AvgIpc) is 2.88. The first-order valence-electron chi connectivity index (χ1n) is 5.79. The van der Waals surface area contributed by atoms with E-state index in [9.17, 15) is 8.42 Å². The minimum atomic E-state index is -3.65. The number of ether oxygens (including phenoxy) is 1. The average molecular weight is 280 g/mol. The van der Waals surface area contributed by atoms with E-state index in [1.165, 1.54) is 12.4 Å². The van der Waals surface area contributed by atoms with Gasteiger partial charge in [0.2, 0.25) is 0 Å². The summed E-state index contributed by atoms with van der Waals surface area (Å²) in [5.41, 5.74) is 2.29. The number of methoxy groups -OCH3 is 1. The molecule has 0 bridgehead atoms. The van der Waals surface area contributed by atoms with Crippen LogP contribution < -0.4 is 4.74 Å². The zero-order chi connectivity index (χ0) is 14.2. The van der Waals surface area contributed by atoms with Gasteiger partial charge < -0.3 is 4.74 Å². The molecule has 1 heterocycles. The van der Waals surface area contributed by atoms with Gasteiger partial charge in [-0.25, -0.2) is 0 Å². The number of hydrogen-bond donors (Lipinski definition) is 0. The summed E-state index contributed by atoms with van der Waals surface area (Å²) in [4.78, 5) is 0.256. The Hall–Kier alpha value is -1.82. The zero-order valence-corrected chi connectivity index (χ0v) is 12.2. The molecule has 1 aromatic carbocycles. The highest BCUT2D eigenvalue weighted by atomic mass is 32.2. The molecule has 0 spiro atoms. The Labute approximate surface area is 112 Å². The lowest BCUT2D eigenvalue weighted by Crippen LogP contribution is -2.15. The third-order valence-corrected chi connectivity index (χ3v) is 4.88. The van der Waals surface area contributed by atoms with Crippen molar-refractivity contribution in [3.8, 4) is 5.75 Å². The van der Waals surface area contributed by atoms with Crippen LogP contribution in [0.3, 0.4) is 0 Å². The first-order chi connectivity index (χ1) is 8.89. The lowest BCUT2D eigenvalue weighted by Gasteiger charge is -2.15. The van der Waals surface area contributed by atoms with E-state index in [0.717, 1.165) is 21.0 Å². The van der Waals surface area contributed by atoms with Gasteiger partial charge in [0.15, 0.2) is 0 Å². The fourth-order valence-corrected chi connectivity index (χ4v) is 3.58. The lowest BCUT2D eigenvalue weighted by atomic mass is 10.1. The fraction of sp³-hybridized carbons (Fsp3) is 0.308. The minimum absolute atomic E-state index is 0.256. The van der Waals surface area contributed by atoms with E-state index in [-0.39, 0.29) is 4.90 Å². The molecule has 6 heteroatoms. The molecule has 0 saturated heterocycles. The van der Waals surface area contributed by atoms with Crippen molar-refractivity contribution in [1.82, 2.24) is 9.19 Å². The van der Waals surface area contributed by atoms with Crippen LogP contribution in [0.1, 0.15) is 16.7 Å². The Morgan fingerprint density at radius 3 is 2.42 bits per heavy atom. The molecule has 2 aromatic rings. The van der Waals surface area contributed by atoms with Gasteiger partial charge in [-0.05, 0) is 49.6 Å². The number of hydrogen-bond acceptors (Lipinski definition) is 4. The Bertz CT molecular complexity index is 704. The normalized spacial score (nSPS) is 11.6. The third kappa shape index (κ3) is 2.12. The molecule has 102 valence electrons. The topological polar surface area (TPSA) is 61.2 Å². The van der Waals surface area contributed by atoms with Crippen molar-refractivity contribution in [3.05, 3.63) is 41.2 Å². The van der Waals surface area contributed by atoms with E-state index < -0.39 is 10.0 Å². The monoisotopic (exact) mass is 280 g/mol. The van der Waals surface area contributed by atoms with Crippen LogP contribution in [0.4, 0.5) is 0 Å². The van der Waals surface area contributed by atoms with E-state index in [0.29, 0.717) is 5.56 Å². The third-order valence-electron chi connectivity index (χ3n) is 3.19. The maximum Gasteiger partial charge on any atom is 0.283 e. The van der Waals surface area contributed by atoms with E-state index in [4.69, 9.17) is 4.74 Å². The van der Waals surface area contributed by atoms with Crippen molar-refractivity contribution in [1.29, 1.82) is 0 Å². The van der Waals surface area contributed by atoms with Gasteiger partial charge in [0.1, 0.15) is 5.75 Å². The molecule has 0 N–H and O–H groups in total. The molecule has 0 aliphatic heterocycles. The molecule has 1 aromatic heterocycles. The summed E-state index contributed by atoms with van der Waals surface area (Å²) in [7, 11) is -2.07. The largest absolute Gasteiger partial charge is 0.496 e. The van der Waals surface area contributed by atoms with E-state index in [1.54, 1.807) is 26.2 Å². The molecular formula is C13H16N2O3S. The van der Waals surface area contributed by atoms with E-state index >= 15 is 0 Å². The molecule has 0 unspecified atom stereocenters. The Morgan fingerprint density at radius 1 is 1.21 bits per heavy atom. The maximum absolute atomic E-state index is 12.5. The molecule has 2 rings (SSSR count). The van der Waals surface area contributed by atoms with Gasteiger partial charge in [-0.1, -0.05) is 0 Å². The Kier molecular flexibility index (Phi) is 3.36. The van der Waals surface area contributed by atoms with Crippen LogP contribution in [-0.4, -0.2) is 24.7 Å². The van der Waals surface area contributed by atoms with Crippen LogP contribution in [-0.2, 0) is 10.0 Å². The number of nitrogens with zero attached hydrogens (tertiary/aromatic N) is 2. The van der Waals surface area contributed by atoms with Crippen molar-refractivity contribution in [2.45, 2.75) is 25.7 Å². The summed E-state index contributed by atoms with van der Waals surface area (Å²) in [5.74, 6) is 0.719. The summed E-state index contributed by atoms with van der Waals surface area (Å²) < 4.78 is 31.2. The zero-order valence-electron chi connectivity index (χ0n) is 11.3. The predicted octanol–water partition coefficient (Wildman–Crippen LogP) is 2.05. The SMILES string of the molecule is COc1c(C)cc(S(=O)(=O)n2cccn2)c(C)c1C. The molecule has 0 aliphatic carbocycles. The van der Waals surface area contributed by atoms with Crippen molar-refractivity contribution < 1.29 is 13.2 Å². The highest BCUT2D eigenvalue weighted by Crippen LogP contribution is 2.31. The van der Waals surface area contributed by atoms with Gasteiger partial charge in [0, 0.05) is 6.20 Å². The van der Waals surface area contributed by atoms with Crippen LogP contribution in [0.25, 0.3) is 0 Å². The molecule has 0 fully saturated rings. The molecule has 0 atom stereocenters. The number of benzene rings is 1. The van der Waals surface area contributed by atoms with Crippen LogP contribution in [0.5, 0.6) is 5.75 Å². The minimum Gasteiger partial charge on any atom is -0.496 e. The van der Waals surface area contributed by atoms with Crippen molar-refractivity contribution >= 4 is 10.0 Å². The predicted molar refractivity (Wildman–Crippen MR) is 72.0 cm³/mol. The summed E-state index contributed by atoms with van der Waals surface area (Å²) >= 11 is 0. The summed E-state index contributed by atoms with van der Waals surface area (Å²) in [5, 5.41) is 3.80. The van der Waals surface area contributed by atoms with Crippen LogP contribution in [0.2, 0.25) is 0 Å². The quantitative estimate of drug-likeness (QED) is 0.863. The van der Waals surface area contributed by atoms with Gasteiger partial charge in [0.25, 0.3) is 10.0 Å². The molecule has 5 nitrogen and oxygen atoms in total. The first kappa shape index (κ1) is 13.6. The molecular weight excluding hydrogens is 264 g/mol. The van der Waals surface area contributed by atoms with Crippen molar-refractivity contribution in [2.24, 2.45) is 0 Å². The highest BCUT2D eigenvalue weighted by Gasteiger charge is 2.23. The fourth-order valence-electron chi connectivity index (χ4n) is 2.10. The summed E-state index contributed by atoms with van der Waals surface area (Å²) in [6.45, 7) is 5.45. The molecule has 0 amide bonds. The Balaban J connectivity index is 2.72. The van der Waals surface area contributed by atoms with Gasteiger partial charge >= 0.3 is 0 Å². The van der Waals surface area contributed by atoms with Crippen LogP contribution in [0.15, 0.2) is 29.4 Å². The van der Waals surface area contributed by atoms with Gasteiger partial charge in [-0.3, -0.25) is 0 Å². The van der Waals surface area contributed by atoms with Crippen LogP contribution >= 0.6 is 0 Å². The van der Waals surface area contributed by atoms with Crippen molar-refractivity contribution in [3.63, 3.8) is 0 Å². The molecule has 0 saturated carbocycles. The van der Waals surface area contributed by atoms with E-state index in [1.807, 2.05) is 13.8 Å². The van der Waals surface area contributed by atoms with Gasteiger partial charge in [-0.15, -0.1) is 0 Å². The lowest BCUT2D eigenvalue weighted by molar-refractivity contribution is 0.407. The first-order valence-corrected chi connectivity index (χ1v) is 7.23. The molecule has 0 aliphatic rings. The van der Waals surface area contributed by atoms with Gasteiger partial charge in [0.05, 0.1) is 18.2 Å². The smallest absolute Gasteiger partial charge is 0.283 e. The second-order valence-electron chi connectivity index (χ2n) is 4.36. The van der Waals surface area contributed by atoms with Gasteiger partial charge in [-0.2, -0.15) is 17.6 Å². The van der Waals surface area contributed by atoms with E-state index in [2.05, 4.69) is 5.10 Å². The standard InChI is InChI=1S/C13H16N2O3S/c1-9-8-12(10(2)11(3)13(9)18-4)19(16,17)15-7-5-6-14-15/h5-8H,1-4H3. The number of rotatable bonds is 3. The summed E-state index contributed by atoms with van der Waals surface area (Å²) in [6, 6.07) is 3.20. The maximum atomic E-state index is 12.5. The highest BCUT2D eigenvalue weighted by molar-refractivity contribution is 7.89. The summed E-state index contributed by atoms with van der Waals surface area (Å²) in [6.07, 6.45) is 2.86. The number of aryl methyl sites for hydroxylation is 1. The Morgan fingerprint density at radius 2 is 1.89 bits per heavy atom. The van der Waals surface area contributed by atoms with Crippen LogP contribution in [0, 0.1) is 20.8 Å². The molecule has 0 radical (unpaired) electrons. The second kappa shape index (κ2) is 4.70.